The van der Waals surface area contributed by atoms with Crippen LogP contribution in [0.1, 0.15) is 23.4 Å². The molecule has 1 aliphatic carbocycles. The van der Waals surface area contributed by atoms with E-state index in [9.17, 15) is 8.78 Å². The van der Waals surface area contributed by atoms with E-state index in [1.165, 1.54) is 23.5 Å². The van der Waals surface area contributed by atoms with Gasteiger partial charge >= 0.3 is 0 Å². The molecule has 1 aliphatic rings. The maximum Gasteiger partial charge on any atom is 0.179 e. The maximum absolute atomic E-state index is 14.0. The van der Waals surface area contributed by atoms with Crippen LogP contribution in [0.2, 0.25) is 0 Å². The van der Waals surface area contributed by atoms with Gasteiger partial charge in [0.1, 0.15) is 16.6 Å². The molecule has 0 aliphatic heterocycles. The number of aryl methyl sites for hydroxylation is 1. The lowest BCUT2D eigenvalue weighted by atomic mass is 10.2. The Kier molecular flexibility index (Phi) is 4.00. The predicted octanol–water partition coefficient (Wildman–Crippen LogP) is 3.53. The van der Waals surface area contributed by atoms with Crippen molar-refractivity contribution in [2.24, 2.45) is 0 Å². The van der Waals surface area contributed by atoms with Crippen LogP contribution < -0.4 is 5.32 Å². The Morgan fingerprint density at radius 2 is 2.00 bits per heavy atom. The fourth-order valence-corrected chi connectivity index (χ4v) is 3.53. The summed E-state index contributed by atoms with van der Waals surface area (Å²) in [6.07, 6.45) is 2.30. The summed E-state index contributed by atoms with van der Waals surface area (Å²) < 4.78 is 28.6. The second-order valence-corrected chi connectivity index (χ2v) is 7.17. The van der Waals surface area contributed by atoms with Gasteiger partial charge in [-0.1, -0.05) is 23.1 Å². The zero-order valence-corrected chi connectivity index (χ0v) is 12.5. The van der Waals surface area contributed by atoms with Crippen LogP contribution in [-0.4, -0.2) is 16.2 Å². The molecule has 0 bridgehead atoms. The molecule has 3 nitrogen and oxygen atoms in total. The Hall–Kier alpha value is -1.05. The largest absolute Gasteiger partial charge is 0.310 e. The molecule has 2 aromatic rings. The summed E-state index contributed by atoms with van der Waals surface area (Å²) in [5, 5.41) is 11.7. The third-order valence-electron chi connectivity index (χ3n) is 2.93. The monoisotopic (exact) mass is 313 g/mol. The van der Waals surface area contributed by atoms with Crippen molar-refractivity contribution in [3.05, 3.63) is 34.3 Å². The van der Waals surface area contributed by atoms with Gasteiger partial charge in [0, 0.05) is 12.6 Å². The molecule has 0 spiro atoms. The van der Waals surface area contributed by atoms with Crippen molar-refractivity contribution in [3.8, 4) is 0 Å². The van der Waals surface area contributed by atoms with E-state index in [0.29, 0.717) is 22.5 Å². The molecule has 1 aromatic carbocycles. The normalized spacial score (nSPS) is 14.8. The first-order valence-electron chi connectivity index (χ1n) is 6.31. The SMILES string of the molecule is Cc1nnc(Sc2c(F)cc(CNC3CC3)cc2F)s1. The van der Waals surface area contributed by atoms with Gasteiger partial charge in [0.15, 0.2) is 4.34 Å². The van der Waals surface area contributed by atoms with Crippen molar-refractivity contribution < 1.29 is 8.78 Å². The topological polar surface area (TPSA) is 37.8 Å². The van der Waals surface area contributed by atoms with Crippen molar-refractivity contribution >= 4 is 23.1 Å². The minimum Gasteiger partial charge on any atom is -0.310 e. The van der Waals surface area contributed by atoms with Gasteiger partial charge in [-0.25, -0.2) is 8.78 Å². The van der Waals surface area contributed by atoms with E-state index in [4.69, 9.17) is 0 Å². The lowest BCUT2D eigenvalue weighted by Crippen LogP contribution is -2.15. The highest BCUT2D eigenvalue weighted by atomic mass is 32.2. The minimum atomic E-state index is -0.546. The fourth-order valence-electron chi connectivity index (χ4n) is 1.77. The van der Waals surface area contributed by atoms with E-state index in [2.05, 4.69) is 15.5 Å². The van der Waals surface area contributed by atoms with E-state index in [0.717, 1.165) is 29.6 Å². The van der Waals surface area contributed by atoms with Crippen molar-refractivity contribution in [3.63, 3.8) is 0 Å². The Labute approximate surface area is 123 Å². The van der Waals surface area contributed by atoms with Crippen LogP contribution in [0.15, 0.2) is 21.4 Å². The number of halogens is 2. The number of nitrogens with one attached hydrogen (secondary N) is 1. The molecule has 20 heavy (non-hydrogen) atoms. The maximum atomic E-state index is 14.0. The highest BCUT2D eigenvalue weighted by molar-refractivity contribution is 8.01. The zero-order valence-electron chi connectivity index (χ0n) is 10.8. The van der Waals surface area contributed by atoms with Crippen LogP contribution in [0.5, 0.6) is 0 Å². The third-order valence-corrected chi connectivity index (χ3v) is 4.91. The standard InChI is InChI=1S/C13H13F2N3S2/c1-7-17-18-13(19-7)20-12-10(14)4-8(5-11(12)15)6-16-9-2-3-9/h4-5,9,16H,2-3,6H2,1H3. The highest BCUT2D eigenvalue weighted by Gasteiger charge is 2.21. The van der Waals surface area contributed by atoms with Crippen molar-refractivity contribution in [1.29, 1.82) is 0 Å². The summed E-state index contributed by atoms with van der Waals surface area (Å²) in [7, 11) is 0. The molecular formula is C13H13F2N3S2. The number of benzene rings is 1. The Morgan fingerprint density at radius 1 is 1.30 bits per heavy atom. The van der Waals surface area contributed by atoms with Crippen LogP contribution in [0.25, 0.3) is 0 Å². The number of nitrogens with zero attached hydrogens (tertiary/aromatic N) is 2. The van der Waals surface area contributed by atoms with Gasteiger partial charge in [0.05, 0.1) is 4.90 Å². The fraction of sp³-hybridized carbons (Fsp3) is 0.385. The summed E-state index contributed by atoms with van der Waals surface area (Å²) in [5.74, 6) is -1.09. The summed E-state index contributed by atoms with van der Waals surface area (Å²) in [6.45, 7) is 2.31. The molecule has 106 valence electrons. The average molecular weight is 313 g/mol. The van der Waals surface area contributed by atoms with Crippen LogP contribution >= 0.6 is 23.1 Å². The van der Waals surface area contributed by atoms with Gasteiger partial charge in [-0.15, -0.1) is 10.2 Å². The van der Waals surface area contributed by atoms with E-state index in [-0.39, 0.29) is 4.90 Å². The lowest BCUT2D eigenvalue weighted by molar-refractivity contribution is 0.534. The summed E-state index contributed by atoms with van der Waals surface area (Å²) in [6, 6.07) is 3.28. The van der Waals surface area contributed by atoms with E-state index < -0.39 is 11.6 Å². The van der Waals surface area contributed by atoms with Crippen LogP contribution in [0, 0.1) is 18.6 Å². The highest BCUT2D eigenvalue weighted by Crippen LogP contribution is 2.34. The van der Waals surface area contributed by atoms with Gasteiger partial charge < -0.3 is 5.32 Å². The molecule has 1 fully saturated rings. The number of hydrogen-bond donors (Lipinski definition) is 1. The minimum absolute atomic E-state index is 0.0173. The summed E-state index contributed by atoms with van der Waals surface area (Å²) in [5.41, 5.74) is 0.629. The Balaban J connectivity index is 1.76. The molecule has 0 amide bonds. The third kappa shape index (κ3) is 3.34. The number of hydrogen-bond acceptors (Lipinski definition) is 5. The first-order chi connectivity index (χ1) is 9.61. The van der Waals surface area contributed by atoms with Crippen molar-refractivity contribution in [2.75, 3.05) is 0 Å². The van der Waals surface area contributed by atoms with E-state index in [1.807, 2.05) is 0 Å². The second-order valence-electron chi connectivity index (χ2n) is 4.73. The first kappa shape index (κ1) is 13.9. The molecule has 7 heteroatoms. The molecule has 3 rings (SSSR count). The van der Waals surface area contributed by atoms with Gasteiger partial charge in [-0.05, 0) is 37.5 Å². The first-order valence-corrected chi connectivity index (χ1v) is 7.94. The Bertz CT molecular complexity index is 603. The van der Waals surface area contributed by atoms with Gasteiger partial charge in [0.25, 0.3) is 0 Å². The number of aromatic nitrogens is 2. The van der Waals surface area contributed by atoms with E-state index >= 15 is 0 Å². The quantitative estimate of drug-likeness (QED) is 0.916. The molecular weight excluding hydrogens is 300 g/mol. The Morgan fingerprint density at radius 3 is 2.55 bits per heavy atom. The second kappa shape index (κ2) is 5.75. The van der Waals surface area contributed by atoms with Crippen LogP contribution in [-0.2, 0) is 6.54 Å². The molecule has 0 radical (unpaired) electrons. The van der Waals surface area contributed by atoms with Crippen molar-refractivity contribution in [2.45, 2.75) is 41.6 Å². The van der Waals surface area contributed by atoms with Crippen LogP contribution in [0.3, 0.4) is 0 Å². The molecule has 0 saturated heterocycles. The molecule has 1 aromatic heterocycles. The van der Waals surface area contributed by atoms with Gasteiger partial charge in [0.2, 0.25) is 0 Å². The zero-order chi connectivity index (χ0) is 14.1. The predicted molar refractivity (Wildman–Crippen MR) is 75.0 cm³/mol. The van der Waals surface area contributed by atoms with Gasteiger partial charge in [-0.2, -0.15) is 0 Å². The van der Waals surface area contributed by atoms with Crippen molar-refractivity contribution in [1.82, 2.24) is 15.5 Å². The van der Waals surface area contributed by atoms with Crippen LogP contribution in [0.4, 0.5) is 8.78 Å². The van der Waals surface area contributed by atoms with E-state index in [1.54, 1.807) is 6.92 Å². The molecule has 1 saturated carbocycles. The lowest BCUT2D eigenvalue weighted by Gasteiger charge is -2.07. The summed E-state index contributed by atoms with van der Waals surface area (Å²) >= 11 is 2.30. The molecule has 1 N–H and O–H groups in total. The average Bonchev–Trinajstić information content (AvgIpc) is 3.14. The molecule has 0 unspecified atom stereocenters. The van der Waals surface area contributed by atoms with Gasteiger partial charge in [-0.3, -0.25) is 0 Å². The smallest absolute Gasteiger partial charge is 0.179 e. The summed E-state index contributed by atoms with van der Waals surface area (Å²) in [4.78, 5) is -0.0173. The molecule has 0 atom stereocenters. The number of rotatable bonds is 5. The molecule has 1 heterocycles.